The van der Waals surface area contributed by atoms with Crippen molar-refractivity contribution in [1.29, 1.82) is 0 Å². The summed E-state index contributed by atoms with van der Waals surface area (Å²) in [5.41, 5.74) is 1.97. The van der Waals surface area contributed by atoms with Crippen LogP contribution in [-0.2, 0) is 0 Å². The second-order valence-corrected chi connectivity index (χ2v) is 2.75. The second-order valence-electron chi connectivity index (χ2n) is 2.34. The fourth-order valence-corrected chi connectivity index (χ4v) is 1.13. The minimum absolute atomic E-state index is 0.455. The molecule has 1 rings (SSSR count). The van der Waals surface area contributed by atoms with E-state index < -0.39 is 0 Å². The smallest absolute Gasteiger partial charge is 0.115 e. The van der Waals surface area contributed by atoms with E-state index >= 15 is 0 Å². The number of aromatic amines is 1. The molecule has 0 aliphatic rings. The normalized spacial score (nSPS) is 10.8. The third-order valence-electron chi connectivity index (χ3n) is 1.45. The van der Waals surface area contributed by atoms with Gasteiger partial charge in [0.25, 0.3) is 0 Å². The van der Waals surface area contributed by atoms with Crippen LogP contribution in [0.15, 0.2) is 17.8 Å². The molecule has 1 heterocycles. The Kier molecular flexibility index (Phi) is 2.76. The van der Waals surface area contributed by atoms with Gasteiger partial charge in [0.2, 0.25) is 0 Å². The van der Waals surface area contributed by atoms with Crippen LogP contribution in [0.5, 0.6) is 0 Å². The average molecular weight is 178 g/mol. The Balaban J connectivity index is 3.21. The fourth-order valence-electron chi connectivity index (χ4n) is 0.931. The fraction of sp³-hybridized carbons (Fsp3) is 0.125. The molecule has 0 bridgehead atoms. The molecule has 0 spiro atoms. The van der Waals surface area contributed by atoms with Crippen molar-refractivity contribution in [2.45, 2.75) is 0 Å². The van der Waals surface area contributed by atoms with Crippen molar-refractivity contribution in [3.63, 3.8) is 0 Å². The lowest BCUT2D eigenvalue weighted by molar-refractivity contribution is 1.36. The Labute approximate surface area is 77.8 Å². The van der Waals surface area contributed by atoms with Crippen LogP contribution in [0.2, 0.25) is 5.02 Å². The molecule has 0 saturated heterocycles. The number of H-pyrrole nitrogens is 1. The predicted molar refractivity (Wildman–Crippen MR) is 54.1 cm³/mol. The van der Waals surface area contributed by atoms with Gasteiger partial charge in [-0.3, -0.25) is 4.99 Å². The molecule has 1 aromatic rings. The van der Waals surface area contributed by atoms with Crippen LogP contribution >= 0.6 is 11.6 Å². The average Bonchev–Trinajstić information content (AvgIpc) is 2.34. The van der Waals surface area contributed by atoms with Crippen molar-refractivity contribution in [2.75, 3.05) is 7.05 Å². The van der Waals surface area contributed by atoms with Gasteiger partial charge < -0.3 is 4.98 Å². The van der Waals surface area contributed by atoms with Crippen LogP contribution < -0.4 is 0 Å². The molecule has 0 aromatic carbocycles. The number of aliphatic imine (C=N–C) groups is 1. The van der Waals surface area contributed by atoms with Gasteiger partial charge >= 0.3 is 0 Å². The molecule has 2 nitrogen and oxygen atoms in total. The van der Waals surface area contributed by atoms with Crippen LogP contribution in [-0.4, -0.2) is 26.1 Å². The number of aromatic nitrogens is 1. The minimum Gasteiger partial charge on any atom is -0.360 e. The van der Waals surface area contributed by atoms with Crippen molar-refractivity contribution in [2.24, 2.45) is 4.99 Å². The molecule has 4 heteroatoms. The van der Waals surface area contributed by atoms with E-state index in [0.717, 1.165) is 11.3 Å². The Morgan fingerprint density at radius 1 is 1.83 bits per heavy atom. The summed E-state index contributed by atoms with van der Waals surface area (Å²) in [5.74, 6) is 0. The molecule has 2 radical (unpaired) electrons. The quantitative estimate of drug-likeness (QED) is 0.529. The van der Waals surface area contributed by atoms with E-state index in [1.807, 2.05) is 0 Å². The van der Waals surface area contributed by atoms with Gasteiger partial charge in [-0.15, -0.1) is 6.58 Å². The summed E-state index contributed by atoms with van der Waals surface area (Å²) in [6.07, 6.45) is 3.30. The summed E-state index contributed by atoms with van der Waals surface area (Å²) in [4.78, 5) is 6.77. The zero-order chi connectivity index (χ0) is 9.14. The van der Waals surface area contributed by atoms with E-state index in [1.54, 1.807) is 19.5 Å². The van der Waals surface area contributed by atoms with Gasteiger partial charge in [-0.2, -0.15) is 0 Å². The van der Waals surface area contributed by atoms with Crippen molar-refractivity contribution in [3.8, 4) is 0 Å². The van der Waals surface area contributed by atoms with E-state index in [1.165, 1.54) is 0 Å². The van der Waals surface area contributed by atoms with Crippen LogP contribution in [0.4, 0.5) is 0 Å². The zero-order valence-corrected chi connectivity index (χ0v) is 7.52. The summed E-state index contributed by atoms with van der Waals surface area (Å²) >= 11 is 5.85. The first-order chi connectivity index (χ1) is 5.66. The highest BCUT2D eigenvalue weighted by Crippen LogP contribution is 2.21. The Morgan fingerprint density at radius 2 is 2.50 bits per heavy atom. The molecule has 0 fully saturated rings. The van der Waals surface area contributed by atoms with Gasteiger partial charge in [0.05, 0.1) is 5.02 Å². The lowest BCUT2D eigenvalue weighted by Gasteiger charge is -1.97. The Bertz CT molecular complexity index is 328. The molecular formula is C8H8BClN2. The maximum Gasteiger partial charge on any atom is 0.115 e. The highest BCUT2D eigenvalue weighted by Gasteiger charge is 2.06. The lowest BCUT2D eigenvalue weighted by Crippen LogP contribution is -1.88. The van der Waals surface area contributed by atoms with Crippen molar-refractivity contribution in [3.05, 3.63) is 29.1 Å². The molecule has 0 amide bonds. The van der Waals surface area contributed by atoms with E-state index in [-0.39, 0.29) is 0 Å². The number of rotatable bonds is 2. The van der Waals surface area contributed by atoms with Crippen molar-refractivity contribution in [1.82, 2.24) is 4.98 Å². The number of hydrogen-bond acceptors (Lipinski definition) is 1. The molecule has 0 atom stereocenters. The number of nitrogens with zero attached hydrogens (tertiary/aromatic N) is 1. The number of hydrogen-bond donors (Lipinski definition) is 1. The molecule has 0 saturated carbocycles. The molecule has 60 valence electrons. The predicted octanol–water partition coefficient (Wildman–Crippen LogP) is 1.86. The van der Waals surface area contributed by atoms with Gasteiger partial charge in [0, 0.05) is 30.7 Å². The summed E-state index contributed by atoms with van der Waals surface area (Å²) in [6, 6.07) is 0. The van der Waals surface area contributed by atoms with Crippen molar-refractivity contribution >= 4 is 31.1 Å². The highest BCUT2D eigenvalue weighted by molar-refractivity contribution is 6.43. The first-order valence-corrected chi connectivity index (χ1v) is 3.78. The highest BCUT2D eigenvalue weighted by atomic mass is 35.5. The zero-order valence-electron chi connectivity index (χ0n) is 6.76. The molecule has 0 unspecified atom stereocenters. The van der Waals surface area contributed by atoms with Crippen LogP contribution in [0, 0.1) is 0 Å². The Morgan fingerprint density at radius 3 is 3.00 bits per heavy atom. The summed E-state index contributed by atoms with van der Waals surface area (Å²) in [5, 5.41) is 0.599. The summed E-state index contributed by atoms with van der Waals surface area (Å²) in [6.45, 7) is 3.61. The summed E-state index contributed by atoms with van der Waals surface area (Å²) in [7, 11) is 7.19. The lowest BCUT2D eigenvalue weighted by atomic mass is 9.93. The maximum atomic E-state index is 5.85. The molecule has 0 aliphatic heterocycles. The monoisotopic (exact) mass is 178 g/mol. The van der Waals surface area contributed by atoms with Gasteiger partial charge in [-0.05, 0) is 0 Å². The maximum absolute atomic E-state index is 5.85. The molecule has 1 aromatic heterocycles. The van der Waals surface area contributed by atoms with E-state index in [0.29, 0.717) is 10.5 Å². The third-order valence-corrected chi connectivity index (χ3v) is 1.76. The van der Waals surface area contributed by atoms with Gasteiger partial charge in [0.15, 0.2) is 0 Å². The number of halogens is 1. The van der Waals surface area contributed by atoms with E-state index in [2.05, 4.69) is 16.6 Å². The third kappa shape index (κ3) is 1.61. The van der Waals surface area contributed by atoms with Crippen LogP contribution in [0.3, 0.4) is 0 Å². The molecule has 1 N–H and O–H groups in total. The van der Waals surface area contributed by atoms with Gasteiger partial charge in [-0.1, -0.05) is 17.1 Å². The van der Waals surface area contributed by atoms with Crippen molar-refractivity contribution < 1.29 is 0 Å². The SMILES string of the molecule is [B]C(=C)c1[nH]cc(Cl)c1C=NC. The topological polar surface area (TPSA) is 28.1 Å². The molecule has 12 heavy (non-hydrogen) atoms. The first-order valence-electron chi connectivity index (χ1n) is 3.40. The van der Waals surface area contributed by atoms with E-state index in [9.17, 15) is 0 Å². The summed E-state index contributed by atoms with van der Waals surface area (Å²) < 4.78 is 0. The van der Waals surface area contributed by atoms with E-state index in [4.69, 9.17) is 19.4 Å². The molecule has 0 aliphatic carbocycles. The number of nitrogens with one attached hydrogen (secondary N) is 1. The Hall–Kier alpha value is -0.955. The van der Waals surface area contributed by atoms with Gasteiger partial charge in [-0.25, -0.2) is 0 Å². The van der Waals surface area contributed by atoms with Crippen LogP contribution in [0.1, 0.15) is 11.3 Å². The largest absolute Gasteiger partial charge is 0.360 e. The van der Waals surface area contributed by atoms with Gasteiger partial charge in [0.1, 0.15) is 7.85 Å². The molecular weight excluding hydrogens is 170 g/mol. The minimum atomic E-state index is 0.455. The first kappa shape index (κ1) is 9.14. The van der Waals surface area contributed by atoms with Crippen LogP contribution in [0.25, 0.3) is 5.47 Å². The standard InChI is InChI=1S/C8H8BClN2/c1-5(9)8-6(3-11-2)7(10)4-12-8/h3-4,12H,1H2,2H3. The second kappa shape index (κ2) is 3.63.